The van der Waals surface area contributed by atoms with E-state index in [1.165, 1.54) is 0 Å². The summed E-state index contributed by atoms with van der Waals surface area (Å²) in [5.41, 5.74) is 1.09. The molecule has 0 saturated heterocycles. The molecule has 6 heteroatoms. The summed E-state index contributed by atoms with van der Waals surface area (Å²) in [7, 11) is 1.55. The molecule has 1 heterocycles. The van der Waals surface area contributed by atoms with Gasteiger partial charge in [-0.3, -0.25) is 4.79 Å². The molecule has 1 fully saturated rings. The summed E-state index contributed by atoms with van der Waals surface area (Å²) in [5, 5.41) is 3.41. The Bertz CT molecular complexity index is 817. The van der Waals surface area contributed by atoms with Gasteiger partial charge in [-0.15, -0.1) is 0 Å². The molecule has 24 heavy (non-hydrogen) atoms. The number of carbonyl (C=O) groups excluding carboxylic acids is 1. The Hall–Kier alpha value is -2.40. The largest absolute Gasteiger partial charge is 0.495 e. The van der Waals surface area contributed by atoms with E-state index in [1.807, 2.05) is 18.2 Å². The van der Waals surface area contributed by atoms with Crippen LogP contribution in [0.3, 0.4) is 0 Å². The highest BCUT2D eigenvalue weighted by Gasteiger charge is 2.51. The number of rotatable bonds is 4. The van der Waals surface area contributed by atoms with Gasteiger partial charge >= 0.3 is 0 Å². The number of benzene rings is 2. The Labute approximate surface area is 144 Å². The third kappa shape index (κ3) is 2.45. The Morgan fingerprint density at radius 2 is 1.96 bits per heavy atom. The first-order valence-electron chi connectivity index (χ1n) is 7.67. The number of amides is 1. The van der Waals surface area contributed by atoms with Gasteiger partial charge in [0.25, 0.3) is 0 Å². The van der Waals surface area contributed by atoms with Crippen LogP contribution in [0.15, 0.2) is 36.4 Å². The number of nitrogens with one attached hydrogen (secondary N) is 1. The van der Waals surface area contributed by atoms with Crippen molar-refractivity contribution < 1.29 is 19.0 Å². The molecule has 1 aliphatic carbocycles. The second-order valence-corrected chi connectivity index (χ2v) is 6.36. The minimum atomic E-state index is -0.507. The fraction of sp³-hybridized carbons (Fsp3) is 0.278. The van der Waals surface area contributed by atoms with Crippen LogP contribution in [0.4, 0.5) is 5.69 Å². The van der Waals surface area contributed by atoms with Crippen molar-refractivity contribution in [2.24, 2.45) is 0 Å². The average molecular weight is 346 g/mol. The minimum Gasteiger partial charge on any atom is -0.495 e. The number of ether oxygens (including phenoxy) is 3. The van der Waals surface area contributed by atoms with E-state index >= 15 is 0 Å². The van der Waals surface area contributed by atoms with Gasteiger partial charge in [0.1, 0.15) is 5.75 Å². The maximum atomic E-state index is 12.8. The first kappa shape index (κ1) is 15.1. The molecule has 2 aromatic carbocycles. The SMILES string of the molecule is COc1ccc(NC(=O)C2(c3ccc4c(c3)OCO4)CC2)cc1Cl. The zero-order valence-corrected chi connectivity index (χ0v) is 13.9. The Balaban J connectivity index is 1.56. The van der Waals surface area contributed by atoms with Crippen molar-refractivity contribution in [2.75, 3.05) is 19.2 Å². The van der Waals surface area contributed by atoms with Gasteiger partial charge in [-0.25, -0.2) is 0 Å². The van der Waals surface area contributed by atoms with Gasteiger partial charge in [0.15, 0.2) is 11.5 Å². The lowest BCUT2D eigenvalue weighted by Crippen LogP contribution is -2.27. The van der Waals surface area contributed by atoms with Crippen molar-refractivity contribution in [1.29, 1.82) is 0 Å². The predicted molar refractivity (Wildman–Crippen MR) is 90.1 cm³/mol. The van der Waals surface area contributed by atoms with Crippen molar-refractivity contribution in [3.63, 3.8) is 0 Å². The molecule has 2 aromatic rings. The van der Waals surface area contributed by atoms with Gasteiger partial charge in [0, 0.05) is 5.69 Å². The van der Waals surface area contributed by atoms with E-state index in [-0.39, 0.29) is 12.7 Å². The summed E-state index contributed by atoms with van der Waals surface area (Å²) in [4.78, 5) is 12.8. The molecule has 1 amide bonds. The van der Waals surface area contributed by atoms with Crippen molar-refractivity contribution in [2.45, 2.75) is 18.3 Å². The van der Waals surface area contributed by atoms with E-state index in [0.29, 0.717) is 22.2 Å². The number of halogens is 1. The lowest BCUT2D eigenvalue weighted by molar-refractivity contribution is -0.118. The Kier molecular flexibility index (Phi) is 3.53. The standard InChI is InChI=1S/C18H16ClNO4/c1-22-14-5-3-12(9-13(14)19)20-17(21)18(6-7-18)11-2-4-15-16(8-11)24-10-23-15/h2-5,8-9H,6-7,10H2,1H3,(H,20,21). The molecule has 1 N–H and O–H groups in total. The highest BCUT2D eigenvalue weighted by atomic mass is 35.5. The minimum absolute atomic E-state index is 0.0393. The fourth-order valence-electron chi connectivity index (χ4n) is 2.96. The summed E-state index contributed by atoms with van der Waals surface area (Å²) in [5.74, 6) is 1.95. The predicted octanol–water partition coefficient (Wildman–Crippen LogP) is 3.75. The second-order valence-electron chi connectivity index (χ2n) is 5.95. The van der Waals surface area contributed by atoms with Crippen molar-refractivity contribution in [3.05, 3.63) is 47.0 Å². The summed E-state index contributed by atoms with van der Waals surface area (Å²) in [6.07, 6.45) is 1.62. The molecule has 4 rings (SSSR count). The molecule has 0 unspecified atom stereocenters. The van der Waals surface area contributed by atoms with Crippen LogP contribution in [0, 0.1) is 0 Å². The smallest absolute Gasteiger partial charge is 0.235 e. The van der Waals surface area contributed by atoms with E-state index in [2.05, 4.69) is 5.32 Å². The number of hydrogen-bond donors (Lipinski definition) is 1. The molecule has 1 saturated carbocycles. The van der Waals surface area contributed by atoms with Gasteiger partial charge < -0.3 is 19.5 Å². The topological polar surface area (TPSA) is 56.8 Å². The maximum absolute atomic E-state index is 12.8. The van der Waals surface area contributed by atoms with Gasteiger partial charge in [0.05, 0.1) is 17.5 Å². The number of anilines is 1. The monoisotopic (exact) mass is 345 g/mol. The highest BCUT2D eigenvalue weighted by Crippen LogP contribution is 2.51. The molecule has 0 spiro atoms. The van der Waals surface area contributed by atoms with Gasteiger partial charge in [-0.1, -0.05) is 17.7 Å². The fourth-order valence-corrected chi connectivity index (χ4v) is 3.22. The molecule has 124 valence electrons. The number of fused-ring (bicyclic) bond motifs is 1. The molecule has 0 aromatic heterocycles. The summed E-state index contributed by atoms with van der Waals surface area (Å²) in [6, 6.07) is 10.9. The summed E-state index contributed by atoms with van der Waals surface area (Å²) < 4.78 is 15.9. The van der Waals surface area contributed by atoms with Crippen LogP contribution in [0.25, 0.3) is 0 Å². The summed E-state index contributed by atoms with van der Waals surface area (Å²) in [6.45, 7) is 0.225. The third-order valence-corrected chi connectivity index (χ3v) is 4.81. The van der Waals surface area contributed by atoms with Crippen molar-refractivity contribution in [3.8, 4) is 17.2 Å². The number of hydrogen-bond acceptors (Lipinski definition) is 4. The lowest BCUT2D eigenvalue weighted by atomic mass is 9.94. The zero-order valence-electron chi connectivity index (χ0n) is 13.1. The Morgan fingerprint density at radius 1 is 1.17 bits per heavy atom. The molecule has 0 atom stereocenters. The lowest BCUT2D eigenvalue weighted by Gasteiger charge is -2.17. The quantitative estimate of drug-likeness (QED) is 0.917. The second kappa shape index (κ2) is 5.60. The van der Waals surface area contributed by atoms with Crippen LogP contribution in [-0.2, 0) is 10.2 Å². The molecule has 0 radical (unpaired) electrons. The van der Waals surface area contributed by atoms with Gasteiger partial charge in [-0.2, -0.15) is 0 Å². The zero-order chi connectivity index (χ0) is 16.7. The molecular weight excluding hydrogens is 330 g/mol. The van der Waals surface area contributed by atoms with Crippen LogP contribution in [0.2, 0.25) is 5.02 Å². The van der Waals surface area contributed by atoms with Gasteiger partial charge in [0.2, 0.25) is 12.7 Å². The van der Waals surface area contributed by atoms with E-state index < -0.39 is 5.41 Å². The molecule has 1 aliphatic heterocycles. The van der Waals surface area contributed by atoms with Crippen LogP contribution in [0.1, 0.15) is 18.4 Å². The van der Waals surface area contributed by atoms with Gasteiger partial charge in [-0.05, 0) is 48.7 Å². The summed E-state index contributed by atoms with van der Waals surface area (Å²) >= 11 is 6.12. The van der Waals surface area contributed by atoms with Crippen molar-refractivity contribution in [1.82, 2.24) is 0 Å². The Morgan fingerprint density at radius 3 is 2.67 bits per heavy atom. The average Bonchev–Trinajstić information content (AvgIpc) is 3.26. The molecule has 0 bridgehead atoms. The van der Waals surface area contributed by atoms with Crippen LogP contribution >= 0.6 is 11.6 Å². The molecule has 2 aliphatic rings. The highest BCUT2D eigenvalue weighted by molar-refractivity contribution is 6.32. The van der Waals surface area contributed by atoms with Crippen LogP contribution in [0.5, 0.6) is 17.2 Å². The number of methoxy groups -OCH3 is 1. The van der Waals surface area contributed by atoms with E-state index in [4.69, 9.17) is 25.8 Å². The van der Waals surface area contributed by atoms with Crippen molar-refractivity contribution >= 4 is 23.2 Å². The molecular formula is C18H16ClNO4. The molecule has 5 nitrogen and oxygen atoms in total. The van der Waals surface area contributed by atoms with E-state index in [0.717, 1.165) is 24.2 Å². The van der Waals surface area contributed by atoms with Crippen LogP contribution in [-0.4, -0.2) is 19.8 Å². The van der Waals surface area contributed by atoms with E-state index in [1.54, 1.807) is 25.3 Å². The first-order valence-corrected chi connectivity index (χ1v) is 8.05. The maximum Gasteiger partial charge on any atom is 0.235 e. The first-order chi connectivity index (χ1) is 11.6. The van der Waals surface area contributed by atoms with E-state index in [9.17, 15) is 4.79 Å². The normalized spacial score (nSPS) is 16.6. The third-order valence-electron chi connectivity index (χ3n) is 4.52. The number of carbonyl (C=O) groups is 1. The van der Waals surface area contributed by atoms with Crippen LogP contribution < -0.4 is 19.5 Å².